The zero-order valence-electron chi connectivity index (χ0n) is 31.2. The third-order valence-electron chi connectivity index (χ3n) is 11.4. The van der Waals surface area contributed by atoms with E-state index in [1.807, 2.05) is 0 Å². The second-order valence-corrected chi connectivity index (χ2v) is 14.8. The normalized spacial score (nSPS) is 11.5. The molecule has 0 radical (unpaired) electrons. The Morgan fingerprint density at radius 2 is 0.667 bits per heavy atom. The molecular formula is C56H36O. The molecule has 1 aromatic heterocycles. The van der Waals surface area contributed by atoms with Gasteiger partial charge in [-0.05, 0) is 119 Å². The number of furan rings is 1. The summed E-state index contributed by atoms with van der Waals surface area (Å²) in [6.07, 6.45) is 0. The molecule has 0 saturated heterocycles. The maximum Gasteiger partial charge on any atom is 0.143 e. The second-order valence-electron chi connectivity index (χ2n) is 14.8. The zero-order valence-corrected chi connectivity index (χ0v) is 31.2. The fourth-order valence-electron chi connectivity index (χ4n) is 8.76. The first kappa shape index (κ1) is 32.9. The van der Waals surface area contributed by atoms with Gasteiger partial charge in [-0.3, -0.25) is 0 Å². The van der Waals surface area contributed by atoms with Gasteiger partial charge < -0.3 is 4.42 Å². The number of hydrogen-bond donors (Lipinski definition) is 0. The Balaban J connectivity index is 1.12. The first-order chi connectivity index (χ1) is 28.3. The van der Waals surface area contributed by atoms with Crippen molar-refractivity contribution in [2.45, 2.75) is 0 Å². The molecule has 0 aliphatic heterocycles. The Labute approximate surface area is 331 Å². The molecule has 0 saturated carbocycles. The molecule has 0 unspecified atom stereocenters. The molecule has 266 valence electrons. The van der Waals surface area contributed by atoms with Gasteiger partial charge in [0.15, 0.2) is 0 Å². The summed E-state index contributed by atoms with van der Waals surface area (Å²) in [5.74, 6) is 0. The summed E-state index contributed by atoms with van der Waals surface area (Å²) in [6, 6.07) is 78.9. The van der Waals surface area contributed by atoms with Crippen LogP contribution < -0.4 is 0 Å². The van der Waals surface area contributed by atoms with E-state index in [1.165, 1.54) is 66.1 Å². The molecule has 0 atom stereocenters. The van der Waals surface area contributed by atoms with Gasteiger partial charge in [-0.15, -0.1) is 0 Å². The third-order valence-corrected chi connectivity index (χ3v) is 11.4. The third kappa shape index (κ3) is 5.72. The molecular weight excluding hydrogens is 689 g/mol. The van der Waals surface area contributed by atoms with Gasteiger partial charge in [0, 0.05) is 16.3 Å². The molecule has 0 spiro atoms. The van der Waals surface area contributed by atoms with Gasteiger partial charge in [0.25, 0.3) is 0 Å². The average molecular weight is 725 g/mol. The van der Waals surface area contributed by atoms with Crippen molar-refractivity contribution in [1.29, 1.82) is 0 Å². The maximum atomic E-state index is 6.67. The van der Waals surface area contributed by atoms with Crippen molar-refractivity contribution in [3.8, 4) is 66.8 Å². The van der Waals surface area contributed by atoms with E-state index in [4.69, 9.17) is 4.42 Å². The lowest BCUT2D eigenvalue weighted by atomic mass is 9.84. The molecule has 11 aromatic rings. The van der Waals surface area contributed by atoms with Gasteiger partial charge in [-0.25, -0.2) is 0 Å². The minimum Gasteiger partial charge on any atom is -0.455 e. The van der Waals surface area contributed by atoms with E-state index in [0.717, 1.165) is 44.2 Å². The first-order valence-corrected chi connectivity index (χ1v) is 19.6. The SMILES string of the molecule is c1ccc(-c2ccc3oc4c(-c5ccccc5)cc(-c5cccc(-c6ccc7c(-c8ccccc8)c8ccccc8c(-c8ccccc8)c7c6)c5)cc4c3c2)cc1. The molecule has 57 heavy (non-hydrogen) atoms. The summed E-state index contributed by atoms with van der Waals surface area (Å²) in [5, 5.41) is 7.24. The summed E-state index contributed by atoms with van der Waals surface area (Å²) < 4.78 is 6.67. The fourth-order valence-corrected chi connectivity index (χ4v) is 8.76. The Morgan fingerprint density at radius 1 is 0.228 bits per heavy atom. The molecule has 10 aromatic carbocycles. The van der Waals surface area contributed by atoms with Crippen LogP contribution in [-0.2, 0) is 0 Å². The highest BCUT2D eigenvalue weighted by Crippen LogP contribution is 2.46. The summed E-state index contributed by atoms with van der Waals surface area (Å²) in [7, 11) is 0. The van der Waals surface area contributed by atoms with Crippen molar-refractivity contribution in [1.82, 2.24) is 0 Å². The maximum absolute atomic E-state index is 6.67. The molecule has 0 amide bonds. The van der Waals surface area contributed by atoms with Gasteiger partial charge in [0.05, 0.1) is 0 Å². The molecule has 11 rings (SSSR count). The summed E-state index contributed by atoms with van der Waals surface area (Å²) in [6.45, 7) is 0. The Morgan fingerprint density at radius 3 is 1.32 bits per heavy atom. The van der Waals surface area contributed by atoms with E-state index < -0.39 is 0 Å². The topological polar surface area (TPSA) is 13.1 Å². The predicted octanol–water partition coefficient (Wildman–Crippen LogP) is 15.9. The van der Waals surface area contributed by atoms with Crippen LogP contribution in [0.3, 0.4) is 0 Å². The lowest BCUT2D eigenvalue weighted by Gasteiger charge is -2.19. The van der Waals surface area contributed by atoms with E-state index in [0.29, 0.717) is 0 Å². The predicted molar refractivity (Wildman–Crippen MR) is 241 cm³/mol. The molecule has 0 aliphatic carbocycles. The van der Waals surface area contributed by atoms with Crippen LogP contribution in [-0.4, -0.2) is 0 Å². The zero-order chi connectivity index (χ0) is 37.7. The minimum atomic E-state index is 0.889. The van der Waals surface area contributed by atoms with E-state index in [1.54, 1.807) is 0 Å². The smallest absolute Gasteiger partial charge is 0.143 e. The second kappa shape index (κ2) is 13.7. The molecule has 0 bridgehead atoms. The molecule has 1 heterocycles. The van der Waals surface area contributed by atoms with Crippen LogP contribution in [0.2, 0.25) is 0 Å². The van der Waals surface area contributed by atoms with Gasteiger partial charge in [-0.1, -0.05) is 182 Å². The van der Waals surface area contributed by atoms with Crippen LogP contribution >= 0.6 is 0 Å². The van der Waals surface area contributed by atoms with Gasteiger partial charge >= 0.3 is 0 Å². The highest BCUT2D eigenvalue weighted by atomic mass is 16.3. The highest BCUT2D eigenvalue weighted by molar-refractivity contribution is 6.22. The first-order valence-electron chi connectivity index (χ1n) is 19.6. The van der Waals surface area contributed by atoms with Crippen LogP contribution in [0.25, 0.3) is 110 Å². The number of benzene rings is 10. The molecule has 1 heteroatoms. The fraction of sp³-hybridized carbons (Fsp3) is 0. The largest absolute Gasteiger partial charge is 0.455 e. The number of rotatable bonds is 6. The van der Waals surface area contributed by atoms with Crippen molar-refractivity contribution in [2.75, 3.05) is 0 Å². The Bertz CT molecular complexity index is 3250. The van der Waals surface area contributed by atoms with E-state index >= 15 is 0 Å². The quantitative estimate of drug-likeness (QED) is 0.156. The van der Waals surface area contributed by atoms with Gasteiger partial charge in [0.2, 0.25) is 0 Å². The standard InChI is InChI=1S/C56H36O/c1-5-16-37(17-6-1)43-29-31-53-50(33-43)52-36-45(35-49(56(52)57-53)38-18-7-2-8-19-38)42-25-15-24-41(32-42)44-28-30-48-51(34-44)55(40-22-11-4-12-23-40)47-27-14-13-26-46(47)54(48)39-20-9-3-10-21-39/h1-36H. The molecule has 0 N–H and O–H groups in total. The average Bonchev–Trinajstić information content (AvgIpc) is 3.67. The Kier molecular flexibility index (Phi) is 7.89. The van der Waals surface area contributed by atoms with Crippen LogP contribution in [0.15, 0.2) is 223 Å². The van der Waals surface area contributed by atoms with Gasteiger partial charge in [-0.2, -0.15) is 0 Å². The lowest BCUT2D eigenvalue weighted by Crippen LogP contribution is -1.91. The van der Waals surface area contributed by atoms with Crippen molar-refractivity contribution in [2.24, 2.45) is 0 Å². The highest BCUT2D eigenvalue weighted by Gasteiger charge is 2.19. The van der Waals surface area contributed by atoms with Crippen molar-refractivity contribution in [3.05, 3.63) is 218 Å². The van der Waals surface area contributed by atoms with Crippen LogP contribution in [0.5, 0.6) is 0 Å². The molecule has 1 nitrogen and oxygen atoms in total. The monoisotopic (exact) mass is 724 g/mol. The lowest BCUT2D eigenvalue weighted by molar-refractivity contribution is 0.670. The van der Waals surface area contributed by atoms with Gasteiger partial charge in [0.1, 0.15) is 11.2 Å². The van der Waals surface area contributed by atoms with E-state index in [9.17, 15) is 0 Å². The van der Waals surface area contributed by atoms with Crippen molar-refractivity contribution in [3.63, 3.8) is 0 Å². The van der Waals surface area contributed by atoms with E-state index in [-0.39, 0.29) is 0 Å². The number of hydrogen-bond acceptors (Lipinski definition) is 1. The molecule has 0 aliphatic rings. The Hall–Kier alpha value is -7.48. The van der Waals surface area contributed by atoms with Crippen LogP contribution in [0.1, 0.15) is 0 Å². The van der Waals surface area contributed by atoms with Crippen molar-refractivity contribution < 1.29 is 4.42 Å². The molecule has 0 fully saturated rings. The number of fused-ring (bicyclic) bond motifs is 5. The summed E-state index contributed by atoms with van der Waals surface area (Å²) >= 11 is 0. The van der Waals surface area contributed by atoms with Crippen molar-refractivity contribution >= 4 is 43.5 Å². The van der Waals surface area contributed by atoms with E-state index in [2.05, 4.69) is 218 Å². The summed E-state index contributed by atoms with van der Waals surface area (Å²) in [5.41, 5.74) is 16.0. The van der Waals surface area contributed by atoms with Crippen LogP contribution in [0.4, 0.5) is 0 Å². The minimum absolute atomic E-state index is 0.889. The van der Waals surface area contributed by atoms with Crippen LogP contribution in [0, 0.1) is 0 Å². The summed E-state index contributed by atoms with van der Waals surface area (Å²) in [4.78, 5) is 0.